The number of carbonyl (C=O) groups excluding carboxylic acids is 1. The van der Waals surface area contributed by atoms with E-state index in [1.54, 1.807) is 12.1 Å². The minimum Gasteiger partial charge on any atom is -0.462 e. The van der Waals surface area contributed by atoms with Crippen molar-refractivity contribution in [2.75, 3.05) is 0 Å². The molecule has 0 aliphatic rings. The summed E-state index contributed by atoms with van der Waals surface area (Å²) in [6.07, 6.45) is 1.45. The Bertz CT molecular complexity index is 1030. The van der Waals surface area contributed by atoms with Crippen LogP contribution in [0, 0.1) is 0 Å². The van der Waals surface area contributed by atoms with Crippen molar-refractivity contribution in [3.8, 4) is 0 Å². The van der Waals surface area contributed by atoms with E-state index in [1.807, 2.05) is 91.0 Å². The zero-order chi connectivity index (χ0) is 20.8. The SMILES string of the molecule is O=C(Cl)C(=NOC(c1ccccc1)(c1ccccc1)c1ccccc1)c1ccco1. The van der Waals surface area contributed by atoms with Crippen molar-refractivity contribution >= 4 is 22.6 Å². The van der Waals surface area contributed by atoms with Crippen LogP contribution in [0.25, 0.3) is 0 Å². The zero-order valence-corrected chi connectivity index (χ0v) is 16.7. The molecule has 4 rings (SSSR count). The topological polar surface area (TPSA) is 51.8 Å². The van der Waals surface area contributed by atoms with Gasteiger partial charge >= 0.3 is 0 Å². The first-order valence-corrected chi connectivity index (χ1v) is 9.76. The summed E-state index contributed by atoms with van der Waals surface area (Å²) >= 11 is 5.79. The van der Waals surface area contributed by atoms with Crippen molar-refractivity contribution in [3.05, 3.63) is 132 Å². The van der Waals surface area contributed by atoms with Crippen LogP contribution in [-0.2, 0) is 15.2 Å². The zero-order valence-electron chi connectivity index (χ0n) is 15.9. The fourth-order valence-corrected chi connectivity index (χ4v) is 3.51. The molecule has 0 unspecified atom stereocenters. The first kappa shape index (κ1) is 19.7. The van der Waals surface area contributed by atoms with Crippen LogP contribution in [-0.4, -0.2) is 11.0 Å². The summed E-state index contributed by atoms with van der Waals surface area (Å²) in [6, 6.07) is 32.4. The fraction of sp³-hybridized carbons (Fsp3) is 0.0400. The van der Waals surface area contributed by atoms with Crippen molar-refractivity contribution in [1.29, 1.82) is 0 Å². The maximum atomic E-state index is 12.1. The number of hydrogen-bond donors (Lipinski definition) is 0. The maximum Gasteiger partial charge on any atom is 0.278 e. The number of carbonyl (C=O) groups is 1. The van der Waals surface area contributed by atoms with Gasteiger partial charge in [-0.1, -0.05) is 96.2 Å². The molecule has 4 nitrogen and oxygen atoms in total. The molecule has 30 heavy (non-hydrogen) atoms. The lowest BCUT2D eigenvalue weighted by molar-refractivity contribution is -0.106. The van der Waals surface area contributed by atoms with Gasteiger partial charge in [0, 0.05) is 16.7 Å². The van der Waals surface area contributed by atoms with Crippen LogP contribution in [0.15, 0.2) is 119 Å². The molecule has 5 heteroatoms. The van der Waals surface area contributed by atoms with Crippen LogP contribution >= 0.6 is 11.6 Å². The summed E-state index contributed by atoms with van der Waals surface area (Å²) in [7, 11) is 0. The Hall–Kier alpha value is -3.63. The van der Waals surface area contributed by atoms with Gasteiger partial charge < -0.3 is 9.25 Å². The molecule has 0 bridgehead atoms. The summed E-state index contributed by atoms with van der Waals surface area (Å²) < 4.78 is 5.32. The molecule has 1 aromatic heterocycles. The summed E-state index contributed by atoms with van der Waals surface area (Å²) in [4.78, 5) is 18.3. The summed E-state index contributed by atoms with van der Waals surface area (Å²) in [5.74, 6) is 0.234. The van der Waals surface area contributed by atoms with Gasteiger partial charge in [0.15, 0.2) is 5.76 Å². The highest BCUT2D eigenvalue weighted by molar-refractivity contribution is 6.83. The largest absolute Gasteiger partial charge is 0.462 e. The highest BCUT2D eigenvalue weighted by Crippen LogP contribution is 2.40. The minimum absolute atomic E-state index is 0.103. The normalized spacial score (nSPS) is 11.8. The Kier molecular flexibility index (Phi) is 5.77. The molecule has 1 heterocycles. The van der Waals surface area contributed by atoms with Crippen LogP contribution in [0.2, 0.25) is 0 Å². The van der Waals surface area contributed by atoms with E-state index in [1.165, 1.54) is 6.26 Å². The Morgan fingerprint density at radius 1 is 0.733 bits per heavy atom. The highest BCUT2D eigenvalue weighted by atomic mass is 35.5. The van der Waals surface area contributed by atoms with Crippen molar-refractivity contribution in [3.63, 3.8) is 0 Å². The molecule has 0 amide bonds. The second kappa shape index (κ2) is 8.80. The van der Waals surface area contributed by atoms with Crippen LogP contribution in [0.4, 0.5) is 0 Å². The molecule has 0 aliphatic heterocycles. The lowest BCUT2D eigenvalue weighted by Crippen LogP contribution is -2.32. The molecule has 0 saturated heterocycles. The van der Waals surface area contributed by atoms with E-state index in [0.29, 0.717) is 0 Å². The first-order valence-electron chi connectivity index (χ1n) is 9.38. The smallest absolute Gasteiger partial charge is 0.278 e. The third kappa shape index (κ3) is 3.78. The molecule has 0 fully saturated rings. The predicted molar refractivity (Wildman–Crippen MR) is 116 cm³/mol. The number of nitrogens with zero attached hydrogens (tertiary/aromatic N) is 1. The van der Waals surface area contributed by atoms with Crippen molar-refractivity contribution in [1.82, 2.24) is 0 Å². The molecule has 4 aromatic rings. The predicted octanol–water partition coefficient (Wildman–Crippen LogP) is 5.76. The van der Waals surface area contributed by atoms with E-state index in [9.17, 15) is 4.79 Å². The first-order chi connectivity index (χ1) is 14.7. The van der Waals surface area contributed by atoms with Gasteiger partial charge in [0.25, 0.3) is 5.24 Å². The number of halogens is 1. The van der Waals surface area contributed by atoms with E-state index in [-0.39, 0.29) is 11.5 Å². The van der Waals surface area contributed by atoms with Gasteiger partial charge in [-0.25, -0.2) is 0 Å². The molecule has 0 saturated carbocycles. The molecule has 148 valence electrons. The Morgan fingerprint density at radius 3 is 1.57 bits per heavy atom. The maximum absolute atomic E-state index is 12.1. The van der Waals surface area contributed by atoms with E-state index in [4.69, 9.17) is 20.9 Å². The summed E-state index contributed by atoms with van der Waals surface area (Å²) in [5, 5.41) is 3.44. The van der Waals surface area contributed by atoms with Gasteiger partial charge in [0.05, 0.1) is 6.26 Å². The second-order valence-electron chi connectivity index (χ2n) is 6.56. The quantitative estimate of drug-likeness (QED) is 0.167. The number of benzene rings is 3. The van der Waals surface area contributed by atoms with Crippen molar-refractivity contribution in [2.45, 2.75) is 5.60 Å². The molecular weight excluding hydrogens is 398 g/mol. The standard InChI is InChI=1S/C25H18ClNO3/c26-24(28)23(22-17-10-18-29-22)27-30-25(19-11-4-1-5-12-19,20-13-6-2-7-14-20)21-15-8-3-9-16-21/h1-18H. The number of hydrogen-bond acceptors (Lipinski definition) is 4. The van der Waals surface area contributed by atoms with Gasteiger partial charge in [0.1, 0.15) is 0 Å². The van der Waals surface area contributed by atoms with Gasteiger partial charge in [-0.2, -0.15) is 0 Å². The highest BCUT2D eigenvalue weighted by Gasteiger charge is 2.40. The van der Waals surface area contributed by atoms with Crippen molar-refractivity contribution < 1.29 is 14.0 Å². The number of rotatable bonds is 7. The van der Waals surface area contributed by atoms with E-state index < -0.39 is 10.8 Å². The average molecular weight is 416 g/mol. The lowest BCUT2D eigenvalue weighted by Gasteiger charge is -2.33. The third-order valence-electron chi connectivity index (χ3n) is 4.76. The molecular formula is C25H18ClNO3. The molecule has 3 aromatic carbocycles. The van der Waals surface area contributed by atoms with Crippen LogP contribution in [0.5, 0.6) is 0 Å². The van der Waals surface area contributed by atoms with Gasteiger partial charge in [-0.3, -0.25) is 4.79 Å². The van der Waals surface area contributed by atoms with Crippen LogP contribution in [0.3, 0.4) is 0 Å². The van der Waals surface area contributed by atoms with Crippen LogP contribution in [0.1, 0.15) is 22.5 Å². The number of oxime groups is 1. The van der Waals surface area contributed by atoms with Gasteiger partial charge in [-0.15, -0.1) is 0 Å². The van der Waals surface area contributed by atoms with E-state index in [0.717, 1.165) is 16.7 Å². The molecule has 0 radical (unpaired) electrons. The lowest BCUT2D eigenvalue weighted by atomic mass is 9.80. The fourth-order valence-electron chi connectivity index (χ4n) is 3.38. The Labute approximate surface area is 179 Å². The molecule has 0 N–H and O–H groups in total. The monoisotopic (exact) mass is 415 g/mol. The minimum atomic E-state index is -1.10. The second-order valence-corrected chi connectivity index (χ2v) is 6.90. The third-order valence-corrected chi connectivity index (χ3v) is 4.93. The average Bonchev–Trinajstić information content (AvgIpc) is 3.33. The molecule has 0 atom stereocenters. The Morgan fingerprint density at radius 2 is 1.20 bits per heavy atom. The summed E-state index contributed by atoms with van der Waals surface area (Å²) in [5.41, 5.74) is 1.35. The van der Waals surface area contributed by atoms with Crippen molar-refractivity contribution in [2.24, 2.45) is 5.16 Å². The number of furan rings is 1. The van der Waals surface area contributed by atoms with Crippen LogP contribution < -0.4 is 0 Å². The summed E-state index contributed by atoms with van der Waals surface area (Å²) in [6.45, 7) is 0. The Balaban J connectivity index is 1.95. The molecule has 0 aliphatic carbocycles. The van der Waals surface area contributed by atoms with E-state index >= 15 is 0 Å². The molecule has 0 spiro atoms. The van der Waals surface area contributed by atoms with Gasteiger partial charge in [-0.05, 0) is 23.7 Å². The van der Waals surface area contributed by atoms with E-state index in [2.05, 4.69) is 5.16 Å². The van der Waals surface area contributed by atoms with Gasteiger partial charge in [0.2, 0.25) is 11.3 Å².